The lowest BCUT2D eigenvalue weighted by molar-refractivity contribution is 0.692. The van der Waals surface area contributed by atoms with Crippen molar-refractivity contribution in [2.75, 3.05) is 11.9 Å². The van der Waals surface area contributed by atoms with E-state index in [4.69, 9.17) is 0 Å². The predicted octanol–water partition coefficient (Wildman–Crippen LogP) is 2.10. The Morgan fingerprint density at radius 1 is 1.47 bits per heavy atom. The van der Waals surface area contributed by atoms with Crippen LogP contribution in [0.3, 0.4) is 0 Å². The van der Waals surface area contributed by atoms with Crippen molar-refractivity contribution in [2.24, 2.45) is 7.05 Å². The Hall–Kier alpha value is -1.56. The van der Waals surface area contributed by atoms with E-state index >= 15 is 0 Å². The average molecular weight is 249 g/mol. The molecular weight excluding hydrogens is 234 g/mol. The second kappa shape index (κ2) is 5.18. The van der Waals surface area contributed by atoms with Crippen LogP contribution in [-0.4, -0.2) is 26.3 Å². The van der Waals surface area contributed by atoms with Crippen LogP contribution in [0.2, 0.25) is 0 Å². The van der Waals surface area contributed by atoms with E-state index in [2.05, 4.69) is 20.4 Å². The molecule has 5 nitrogen and oxygen atoms in total. The fourth-order valence-corrected chi connectivity index (χ4v) is 2.31. The minimum atomic E-state index is 0.663. The summed E-state index contributed by atoms with van der Waals surface area (Å²) in [5.74, 6) is 0.663. The van der Waals surface area contributed by atoms with Crippen LogP contribution in [0.4, 0.5) is 5.95 Å². The minimum Gasteiger partial charge on any atom is -0.354 e. The number of aryl methyl sites for hydroxylation is 2. The van der Waals surface area contributed by atoms with Gasteiger partial charge in [-0.05, 0) is 26.0 Å². The maximum atomic E-state index is 4.41. The fourth-order valence-electron chi connectivity index (χ4n) is 1.43. The minimum absolute atomic E-state index is 0.663. The normalized spacial score (nSPS) is 10.5. The molecule has 0 aliphatic rings. The number of aromatic nitrogens is 4. The first-order chi connectivity index (χ1) is 8.19. The summed E-state index contributed by atoms with van der Waals surface area (Å²) in [6.45, 7) is 4.82. The number of rotatable bonds is 4. The summed E-state index contributed by atoms with van der Waals surface area (Å²) in [5, 5.41) is 9.39. The molecule has 2 aromatic heterocycles. The van der Waals surface area contributed by atoms with Crippen molar-refractivity contribution in [3.8, 4) is 0 Å². The Bertz CT molecular complexity index is 508. The summed E-state index contributed by atoms with van der Waals surface area (Å²) >= 11 is 1.58. The van der Waals surface area contributed by atoms with Crippen LogP contribution in [0.25, 0.3) is 0 Å². The summed E-state index contributed by atoms with van der Waals surface area (Å²) in [6, 6.07) is 3.94. The summed E-state index contributed by atoms with van der Waals surface area (Å²) in [7, 11) is 1.93. The first kappa shape index (κ1) is 11.9. The molecule has 0 unspecified atom stereocenters. The SMILES string of the molecule is CCNc1nccc(Sc2cc(C)nn2C)n1. The zero-order valence-corrected chi connectivity index (χ0v) is 11.0. The van der Waals surface area contributed by atoms with Gasteiger partial charge in [-0.2, -0.15) is 5.10 Å². The van der Waals surface area contributed by atoms with Crippen LogP contribution in [0, 0.1) is 6.92 Å². The zero-order chi connectivity index (χ0) is 12.3. The molecule has 0 radical (unpaired) electrons. The van der Waals surface area contributed by atoms with Gasteiger partial charge in [-0.25, -0.2) is 9.97 Å². The van der Waals surface area contributed by atoms with Gasteiger partial charge in [0.15, 0.2) is 0 Å². The van der Waals surface area contributed by atoms with E-state index in [1.807, 2.05) is 37.7 Å². The molecule has 0 amide bonds. The molecule has 1 N–H and O–H groups in total. The van der Waals surface area contributed by atoms with Crippen molar-refractivity contribution in [1.29, 1.82) is 0 Å². The van der Waals surface area contributed by atoms with Gasteiger partial charge >= 0.3 is 0 Å². The Labute approximate surface area is 105 Å². The molecule has 0 aliphatic heterocycles. The van der Waals surface area contributed by atoms with Gasteiger partial charge in [-0.15, -0.1) is 0 Å². The first-order valence-electron chi connectivity index (χ1n) is 5.44. The predicted molar refractivity (Wildman–Crippen MR) is 68.3 cm³/mol. The molecule has 0 atom stereocenters. The smallest absolute Gasteiger partial charge is 0.223 e. The second-order valence-corrected chi connectivity index (χ2v) is 4.64. The molecular formula is C11H15N5S. The molecule has 6 heteroatoms. The van der Waals surface area contributed by atoms with Crippen LogP contribution in [-0.2, 0) is 7.05 Å². The molecule has 90 valence electrons. The lowest BCUT2D eigenvalue weighted by Crippen LogP contribution is -2.02. The summed E-state index contributed by atoms with van der Waals surface area (Å²) < 4.78 is 1.86. The van der Waals surface area contributed by atoms with Gasteiger partial charge in [-0.3, -0.25) is 4.68 Å². The monoisotopic (exact) mass is 249 g/mol. The number of anilines is 1. The molecule has 0 aliphatic carbocycles. The van der Waals surface area contributed by atoms with E-state index in [1.54, 1.807) is 18.0 Å². The van der Waals surface area contributed by atoms with Gasteiger partial charge in [0, 0.05) is 19.8 Å². The standard InChI is InChI=1S/C11H15N5S/c1-4-12-11-13-6-5-9(14-11)17-10-7-8(2)15-16(10)3/h5-7H,4H2,1-3H3,(H,12,13,14). The molecule has 2 aromatic rings. The van der Waals surface area contributed by atoms with Crippen molar-refractivity contribution in [3.63, 3.8) is 0 Å². The molecule has 0 aromatic carbocycles. The lowest BCUT2D eigenvalue weighted by atomic mass is 10.5. The third-order valence-electron chi connectivity index (χ3n) is 2.13. The third-order valence-corrected chi connectivity index (χ3v) is 3.16. The first-order valence-corrected chi connectivity index (χ1v) is 6.26. The molecule has 0 spiro atoms. The highest BCUT2D eigenvalue weighted by Gasteiger charge is 2.06. The van der Waals surface area contributed by atoms with Gasteiger partial charge in [-0.1, -0.05) is 11.8 Å². The summed E-state index contributed by atoms with van der Waals surface area (Å²) in [5.41, 5.74) is 1.01. The molecule has 0 fully saturated rings. The van der Waals surface area contributed by atoms with E-state index < -0.39 is 0 Å². The maximum Gasteiger partial charge on any atom is 0.223 e. The highest BCUT2D eigenvalue weighted by Crippen LogP contribution is 2.26. The third kappa shape index (κ3) is 2.97. The van der Waals surface area contributed by atoms with E-state index in [-0.39, 0.29) is 0 Å². The quantitative estimate of drug-likeness (QED) is 0.841. The molecule has 0 saturated carbocycles. The van der Waals surface area contributed by atoms with Crippen molar-refractivity contribution < 1.29 is 0 Å². The number of hydrogen-bond donors (Lipinski definition) is 1. The van der Waals surface area contributed by atoms with E-state index in [0.29, 0.717) is 5.95 Å². The van der Waals surface area contributed by atoms with Gasteiger partial charge < -0.3 is 5.32 Å². The van der Waals surface area contributed by atoms with E-state index in [0.717, 1.165) is 22.3 Å². The van der Waals surface area contributed by atoms with Crippen LogP contribution in [0.1, 0.15) is 12.6 Å². The Morgan fingerprint density at radius 2 is 2.29 bits per heavy atom. The Balaban J connectivity index is 2.18. The largest absolute Gasteiger partial charge is 0.354 e. The number of hydrogen-bond acceptors (Lipinski definition) is 5. The zero-order valence-electron chi connectivity index (χ0n) is 10.1. The van der Waals surface area contributed by atoms with Crippen LogP contribution >= 0.6 is 11.8 Å². The van der Waals surface area contributed by atoms with Crippen molar-refractivity contribution in [2.45, 2.75) is 23.9 Å². The highest BCUT2D eigenvalue weighted by molar-refractivity contribution is 7.99. The number of nitrogens with one attached hydrogen (secondary N) is 1. The molecule has 0 saturated heterocycles. The summed E-state index contributed by atoms with van der Waals surface area (Å²) in [6.07, 6.45) is 1.76. The Morgan fingerprint density at radius 3 is 2.94 bits per heavy atom. The Kier molecular flexibility index (Phi) is 3.63. The van der Waals surface area contributed by atoms with Gasteiger partial charge in [0.2, 0.25) is 5.95 Å². The van der Waals surface area contributed by atoms with Crippen molar-refractivity contribution >= 4 is 17.7 Å². The second-order valence-electron chi connectivity index (χ2n) is 3.60. The maximum absolute atomic E-state index is 4.41. The molecule has 2 heterocycles. The summed E-state index contributed by atoms with van der Waals surface area (Å²) in [4.78, 5) is 8.55. The lowest BCUT2D eigenvalue weighted by Gasteiger charge is -2.04. The molecule has 0 bridgehead atoms. The number of nitrogens with zero attached hydrogens (tertiary/aromatic N) is 4. The molecule has 2 rings (SSSR count). The average Bonchev–Trinajstić information content (AvgIpc) is 2.58. The van der Waals surface area contributed by atoms with E-state index in [1.165, 1.54) is 0 Å². The molecule has 17 heavy (non-hydrogen) atoms. The van der Waals surface area contributed by atoms with Crippen LogP contribution < -0.4 is 5.32 Å². The fraction of sp³-hybridized carbons (Fsp3) is 0.364. The van der Waals surface area contributed by atoms with Gasteiger partial charge in [0.1, 0.15) is 10.1 Å². The topological polar surface area (TPSA) is 55.6 Å². The van der Waals surface area contributed by atoms with Crippen LogP contribution in [0.15, 0.2) is 28.4 Å². The van der Waals surface area contributed by atoms with E-state index in [9.17, 15) is 0 Å². The van der Waals surface area contributed by atoms with Crippen molar-refractivity contribution in [1.82, 2.24) is 19.7 Å². The van der Waals surface area contributed by atoms with Gasteiger partial charge in [0.05, 0.1) is 5.69 Å². The van der Waals surface area contributed by atoms with Gasteiger partial charge in [0.25, 0.3) is 0 Å². The highest BCUT2D eigenvalue weighted by atomic mass is 32.2. The van der Waals surface area contributed by atoms with Crippen LogP contribution in [0.5, 0.6) is 0 Å². The van der Waals surface area contributed by atoms with Crippen molar-refractivity contribution in [3.05, 3.63) is 24.0 Å².